The molecule has 4 N–H and O–H groups in total. The van der Waals surface area contributed by atoms with Gasteiger partial charge in [0.25, 0.3) is 0 Å². The van der Waals surface area contributed by atoms with Gasteiger partial charge in [-0.15, -0.1) is 0 Å². The minimum Gasteiger partial charge on any atom is -0.369 e. The molecule has 1 saturated carbocycles. The number of rotatable bonds is 2. The Hall–Kier alpha value is -1.06. The molecule has 4 nitrogen and oxygen atoms in total. The molecule has 0 bridgehead atoms. The van der Waals surface area contributed by atoms with Crippen molar-refractivity contribution >= 4 is 11.8 Å². The lowest BCUT2D eigenvalue weighted by atomic mass is 9.64. The first-order valence-electron chi connectivity index (χ1n) is 5.21. The Kier molecular flexibility index (Phi) is 2.58. The van der Waals surface area contributed by atoms with Gasteiger partial charge in [0.05, 0.1) is 0 Å². The van der Waals surface area contributed by atoms with Crippen molar-refractivity contribution in [2.24, 2.45) is 34.1 Å². The van der Waals surface area contributed by atoms with Gasteiger partial charge >= 0.3 is 0 Å². The number of carbonyl (C=O) groups excluding carboxylic acids is 2. The van der Waals surface area contributed by atoms with Crippen LogP contribution in [0.3, 0.4) is 0 Å². The van der Waals surface area contributed by atoms with Crippen molar-refractivity contribution in [1.29, 1.82) is 0 Å². The fraction of sp³-hybridized carbons (Fsp3) is 0.818. The van der Waals surface area contributed by atoms with Crippen LogP contribution < -0.4 is 11.5 Å². The second kappa shape index (κ2) is 3.22. The summed E-state index contributed by atoms with van der Waals surface area (Å²) < 4.78 is 0. The molecule has 1 aliphatic carbocycles. The normalized spacial score (nSPS) is 32.5. The van der Waals surface area contributed by atoms with E-state index in [0.29, 0.717) is 6.42 Å². The van der Waals surface area contributed by atoms with Gasteiger partial charge in [0.1, 0.15) is 0 Å². The first kappa shape index (κ1) is 12.0. The Morgan fingerprint density at radius 2 is 1.20 bits per heavy atom. The first-order chi connectivity index (χ1) is 6.62. The summed E-state index contributed by atoms with van der Waals surface area (Å²) in [5.41, 5.74) is 10.1. The predicted octanol–water partition coefficient (Wildman–Crippen LogP) is 0.645. The summed E-state index contributed by atoms with van der Waals surface area (Å²) in [6.07, 6.45) is 0.477. The zero-order valence-electron chi connectivity index (χ0n) is 9.83. The van der Waals surface area contributed by atoms with Crippen molar-refractivity contribution in [2.45, 2.75) is 34.1 Å². The standard InChI is InChI=1S/C11H20N2O2/c1-10(2)6(8(12)14)5-7(9(13)15)11(10,3)4/h6-7H,5H2,1-4H3,(H2,12,14)(H2,13,15). The number of nitrogens with two attached hydrogens (primary N) is 2. The van der Waals surface area contributed by atoms with Crippen LogP contribution in [0.2, 0.25) is 0 Å². The predicted molar refractivity (Wildman–Crippen MR) is 57.5 cm³/mol. The summed E-state index contributed by atoms with van der Waals surface area (Å²) in [7, 11) is 0. The molecule has 1 aliphatic rings. The molecule has 2 unspecified atom stereocenters. The minimum atomic E-state index is -0.336. The second-order valence-corrected chi connectivity index (χ2v) is 5.59. The van der Waals surface area contributed by atoms with Crippen LogP contribution in [0.15, 0.2) is 0 Å². The zero-order valence-corrected chi connectivity index (χ0v) is 9.83. The average Bonchev–Trinajstić information content (AvgIpc) is 2.19. The maximum atomic E-state index is 11.3. The van der Waals surface area contributed by atoms with Crippen LogP contribution in [0.25, 0.3) is 0 Å². The molecule has 0 spiro atoms. The number of hydrogen-bond donors (Lipinski definition) is 2. The summed E-state index contributed by atoms with van der Waals surface area (Å²) in [6.45, 7) is 7.91. The Labute approximate surface area is 90.4 Å². The Morgan fingerprint density at radius 3 is 1.33 bits per heavy atom. The van der Waals surface area contributed by atoms with Crippen LogP contribution in [-0.4, -0.2) is 11.8 Å². The lowest BCUT2D eigenvalue weighted by molar-refractivity contribution is -0.127. The third-order valence-electron chi connectivity index (χ3n) is 4.56. The number of primary amides is 2. The van der Waals surface area contributed by atoms with E-state index >= 15 is 0 Å². The smallest absolute Gasteiger partial charge is 0.221 e. The van der Waals surface area contributed by atoms with Crippen LogP contribution in [-0.2, 0) is 9.59 Å². The molecule has 0 radical (unpaired) electrons. The van der Waals surface area contributed by atoms with Crippen LogP contribution >= 0.6 is 0 Å². The molecule has 0 aromatic rings. The van der Waals surface area contributed by atoms with Gasteiger partial charge in [0.2, 0.25) is 11.8 Å². The highest BCUT2D eigenvalue weighted by Gasteiger charge is 2.58. The minimum absolute atomic E-state index is 0.273. The molecule has 0 heterocycles. The summed E-state index contributed by atoms with van der Waals surface area (Å²) in [6, 6.07) is 0. The Bertz CT molecular complexity index is 278. The van der Waals surface area contributed by atoms with E-state index in [1.165, 1.54) is 0 Å². The van der Waals surface area contributed by atoms with Crippen molar-refractivity contribution in [3.63, 3.8) is 0 Å². The maximum Gasteiger partial charge on any atom is 0.221 e. The molecule has 2 atom stereocenters. The summed E-state index contributed by atoms with van der Waals surface area (Å²) in [5.74, 6) is -1.22. The van der Waals surface area contributed by atoms with E-state index in [-0.39, 0.29) is 34.5 Å². The van der Waals surface area contributed by atoms with E-state index < -0.39 is 0 Å². The van der Waals surface area contributed by atoms with Crippen LogP contribution in [0.5, 0.6) is 0 Å². The van der Waals surface area contributed by atoms with Gasteiger partial charge < -0.3 is 11.5 Å². The van der Waals surface area contributed by atoms with Gasteiger partial charge in [0.15, 0.2) is 0 Å². The van der Waals surface area contributed by atoms with Crippen molar-refractivity contribution in [2.75, 3.05) is 0 Å². The average molecular weight is 212 g/mol. The number of hydrogen-bond acceptors (Lipinski definition) is 2. The SMILES string of the molecule is CC1(C)C(C(N)=O)CC(C(N)=O)C1(C)C. The molecule has 4 heteroatoms. The van der Waals surface area contributed by atoms with E-state index in [4.69, 9.17) is 11.5 Å². The Balaban J connectivity index is 3.15. The fourth-order valence-electron chi connectivity index (χ4n) is 2.67. The lowest BCUT2D eigenvalue weighted by Crippen LogP contribution is -2.41. The fourth-order valence-corrected chi connectivity index (χ4v) is 2.67. The van der Waals surface area contributed by atoms with Crippen LogP contribution in [0.1, 0.15) is 34.1 Å². The molecule has 2 amide bonds. The summed E-state index contributed by atoms with van der Waals surface area (Å²) in [5, 5.41) is 0. The number of carbonyl (C=O) groups is 2. The van der Waals surface area contributed by atoms with Gasteiger partial charge in [-0.05, 0) is 17.3 Å². The van der Waals surface area contributed by atoms with E-state index in [2.05, 4.69) is 0 Å². The quantitative estimate of drug-likeness (QED) is 0.704. The van der Waals surface area contributed by atoms with Gasteiger partial charge in [-0.2, -0.15) is 0 Å². The number of amides is 2. The molecular weight excluding hydrogens is 192 g/mol. The first-order valence-corrected chi connectivity index (χ1v) is 5.21. The van der Waals surface area contributed by atoms with Crippen molar-refractivity contribution in [1.82, 2.24) is 0 Å². The highest BCUT2D eigenvalue weighted by molar-refractivity contribution is 5.83. The second-order valence-electron chi connectivity index (χ2n) is 5.59. The highest BCUT2D eigenvalue weighted by Crippen LogP contribution is 2.58. The van der Waals surface area contributed by atoms with Gasteiger partial charge in [-0.3, -0.25) is 9.59 Å². The molecule has 1 rings (SSSR count). The van der Waals surface area contributed by atoms with E-state index in [1.54, 1.807) is 0 Å². The third kappa shape index (κ3) is 1.52. The maximum absolute atomic E-state index is 11.3. The molecule has 0 aromatic carbocycles. The largest absolute Gasteiger partial charge is 0.369 e. The van der Waals surface area contributed by atoms with Crippen molar-refractivity contribution in [3.8, 4) is 0 Å². The molecule has 0 saturated heterocycles. The van der Waals surface area contributed by atoms with E-state index in [9.17, 15) is 9.59 Å². The monoisotopic (exact) mass is 212 g/mol. The van der Waals surface area contributed by atoms with Crippen molar-refractivity contribution in [3.05, 3.63) is 0 Å². The van der Waals surface area contributed by atoms with E-state index in [0.717, 1.165) is 0 Å². The highest BCUT2D eigenvalue weighted by atomic mass is 16.2. The zero-order chi connectivity index (χ0) is 12.0. The van der Waals surface area contributed by atoms with Gasteiger partial charge in [-0.1, -0.05) is 27.7 Å². The summed E-state index contributed by atoms with van der Waals surface area (Å²) in [4.78, 5) is 22.7. The lowest BCUT2D eigenvalue weighted by Gasteiger charge is -2.40. The van der Waals surface area contributed by atoms with Crippen LogP contribution in [0.4, 0.5) is 0 Å². The molecule has 15 heavy (non-hydrogen) atoms. The van der Waals surface area contributed by atoms with Crippen LogP contribution in [0, 0.1) is 22.7 Å². The third-order valence-corrected chi connectivity index (χ3v) is 4.56. The molecule has 0 aromatic heterocycles. The van der Waals surface area contributed by atoms with E-state index in [1.807, 2.05) is 27.7 Å². The molecule has 0 aliphatic heterocycles. The molecule has 1 fully saturated rings. The Morgan fingerprint density at radius 1 is 0.933 bits per heavy atom. The topological polar surface area (TPSA) is 86.2 Å². The molecule has 86 valence electrons. The van der Waals surface area contributed by atoms with Gasteiger partial charge in [-0.25, -0.2) is 0 Å². The van der Waals surface area contributed by atoms with Gasteiger partial charge in [0, 0.05) is 11.8 Å². The summed E-state index contributed by atoms with van der Waals surface area (Å²) >= 11 is 0. The molecular formula is C11H20N2O2. The van der Waals surface area contributed by atoms with Crippen molar-refractivity contribution < 1.29 is 9.59 Å².